The number of esters is 1. The fraction of sp³-hybridized carbons (Fsp3) is 0.562. The van der Waals surface area contributed by atoms with Crippen LogP contribution >= 0.6 is 0 Å². The Balaban J connectivity index is 1.97. The van der Waals surface area contributed by atoms with Crippen molar-refractivity contribution in [3.63, 3.8) is 0 Å². The number of hydrogen-bond donors (Lipinski definition) is 1. The molecule has 0 spiro atoms. The van der Waals surface area contributed by atoms with Crippen LogP contribution in [0.2, 0.25) is 0 Å². The third-order valence-corrected chi connectivity index (χ3v) is 3.57. The maximum Gasteiger partial charge on any atom is 0.338 e. The zero-order valence-electron chi connectivity index (χ0n) is 11.9. The van der Waals surface area contributed by atoms with E-state index in [0.29, 0.717) is 17.9 Å². The smallest absolute Gasteiger partial charge is 0.338 e. The lowest BCUT2D eigenvalue weighted by Gasteiger charge is -2.22. The second-order valence-corrected chi connectivity index (χ2v) is 5.11. The van der Waals surface area contributed by atoms with Crippen LogP contribution in [-0.4, -0.2) is 29.9 Å². The second kappa shape index (κ2) is 7.29. The summed E-state index contributed by atoms with van der Waals surface area (Å²) in [5.74, 6) is 0.359. The van der Waals surface area contributed by atoms with Gasteiger partial charge >= 0.3 is 5.97 Å². The van der Waals surface area contributed by atoms with E-state index in [1.54, 1.807) is 31.2 Å². The molecule has 0 amide bonds. The van der Waals surface area contributed by atoms with Gasteiger partial charge in [0.25, 0.3) is 0 Å². The highest BCUT2D eigenvalue weighted by atomic mass is 16.5. The fourth-order valence-corrected chi connectivity index (χ4v) is 2.45. The third-order valence-electron chi connectivity index (χ3n) is 3.57. The summed E-state index contributed by atoms with van der Waals surface area (Å²) in [6.45, 7) is 2.15. The Morgan fingerprint density at radius 2 is 1.90 bits per heavy atom. The molecule has 0 heterocycles. The van der Waals surface area contributed by atoms with E-state index in [1.165, 1.54) is 0 Å². The van der Waals surface area contributed by atoms with Crippen LogP contribution in [0.25, 0.3) is 0 Å². The molecule has 1 fully saturated rings. The molecule has 20 heavy (non-hydrogen) atoms. The first kappa shape index (κ1) is 14.9. The van der Waals surface area contributed by atoms with Gasteiger partial charge < -0.3 is 14.6 Å². The van der Waals surface area contributed by atoms with E-state index in [1.807, 2.05) is 0 Å². The van der Waals surface area contributed by atoms with Gasteiger partial charge in [0.1, 0.15) is 11.9 Å². The number of hydrogen-bond acceptors (Lipinski definition) is 4. The Hall–Kier alpha value is -1.55. The van der Waals surface area contributed by atoms with Crippen molar-refractivity contribution in [3.05, 3.63) is 29.8 Å². The van der Waals surface area contributed by atoms with Crippen molar-refractivity contribution in [2.75, 3.05) is 6.61 Å². The van der Waals surface area contributed by atoms with Crippen LogP contribution in [0.3, 0.4) is 0 Å². The predicted molar refractivity (Wildman–Crippen MR) is 75.9 cm³/mol. The monoisotopic (exact) mass is 278 g/mol. The second-order valence-electron chi connectivity index (χ2n) is 5.11. The first-order valence-corrected chi connectivity index (χ1v) is 7.32. The number of aliphatic hydroxyl groups excluding tert-OH is 1. The topological polar surface area (TPSA) is 55.8 Å². The van der Waals surface area contributed by atoms with Gasteiger partial charge in [0.05, 0.1) is 18.3 Å². The van der Waals surface area contributed by atoms with Gasteiger partial charge in [0, 0.05) is 0 Å². The van der Waals surface area contributed by atoms with Crippen molar-refractivity contribution in [2.24, 2.45) is 0 Å². The average Bonchev–Trinajstić information content (AvgIpc) is 2.65. The van der Waals surface area contributed by atoms with E-state index in [0.717, 1.165) is 32.1 Å². The van der Waals surface area contributed by atoms with Crippen molar-refractivity contribution < 1.29 is 19.4 Å². The first-order chi connectivity index (χ1) is 9.70. The molecule has 2 rings (SSSR count). The zero-order chi connectivity index (χ0) is 14.4. The molecule has 0 bridgehead atoms. The molecule has 1 saturated carbocycles. The molecule has 0 saturated heterocycles. The van der Waals surface area contributed by atoms with Crippen molar-refractivity contribution in [1.82, 2.24) is 0 Å². The molecular formula is C16H22O4. The first-order valence-electron chi connectivity index (χ1n) is 7.32. The lowest BCUT2D eigenvalue weighted by molar-refractivity contribution is 0.0319. The Labute approximate surface area is 119 Å². The predicted octanol–water partition coefficient (Wildman–Crippen LogP) is 2.94. The average molecular weight is 278 g/mol. The van der Waals surface area contributed by atoms with Gasteiger partial charge in [-0.25, -0.2) is 4.79 Å². The largest absolute Gasteiger partial charge is 0.488 e. The van der Waals surface area contributed by atoms with Gasteiger partial charge in [0.15, 0.2) is 0 Å². The van der Waals surface area contributed by atoms with E-state index in [2.05, 4.69) is 0 Å². The Bertz CT molecular complexity index is 427. The summed E-state index contributed by atoms with van der Waals surface area (Å²) in [6, 6.07) is 6.89. The van der Waals surface area contributed by atoms with Crippen LogP contribution in [-0.2, 0) is 4.74 Å². The lowest BCUT2D eigenvalue weighted by atomic mass is 10.1. The number of carbonyl (C=O) groups excluding carboxylic acids is 1. The standard InChI is InChI=1S/C16H22O4/c1-2-19-16(18)12-8-10-13(11-9-12)20-15-7-5-3-4-6-14(15)17/h8-11,14-15,17H,2-7H2,1H3. The summed E-state index contributed by atoms with van der Waals surface area (Å²) in [5.41, 5.74) is 0.514. The maximum absolute atomic E-state index is 11.5. The van der Waals surface area contributed by atoms with Crippen molar-refractivity contribution in [2.45, 2.75) is 51.2 Å². The third kappa shape index (κ3) is 3.97. The minimum Gasteiger partial charge on any atom is -0.488 e. The molecule has 4 heteroatoms. The van der Waals surface area contributed by atoms with E-state index >= 15 is 0 Å². The van der Waals surface area contributed by atoms with E-state index < -0.39 is 6.10 Å². The van der Waals surface area contributed by atoms with Gasteiger partial charge in [-0.1, -0.05) is 12.8 Å². The highest BCUT2D eigenvalue weighted by Gasteiger charge is 2.23. The van der Waals surface area contributed by atoms with Crippen molar-refractivity contribution in [1.29, 1.82) is 0 Å². The summed E-state index contributed by atoms with van der Waals surface area (Å²) in [7, 11) is 0. The number of ether oxygens (including phenoxy) is 2. The molecule has 4 nitrogen and oxygen atoms in total. The van der Waals surface area contributed by atoms with E-state index in [-0.39, 0.29) is 12.1 Å². The van der Waals surface area contributed by atoms with Gasteiger partial charge in [-0.05, 0) is 50.5 Å². The van der Waals surface area contributed by atoms with Crippen molar-refractivity contribution >= 4 is 5.97 Å². The summed E-state index contributed by atoms with van der Waals surface area (Å²) >= 11 is 0. The van der Waals surface area contributed by atoms with Gasteiger partial charge in [0.2, 0.25) is 0 Å². The highest BCUT2D eigenvalue weighted by molar-refractivity contribution is 5.89. The summed E-state index contributed by atoms with van der Waals surface area (Å²) in [6.07, 6.45) is 4.42. The number of rotatable bonds is 4. The molecule has 2 atom stereocenters. The Kier molecular flexibility index (Phi) is 5.41. The molecule has 110 valence electrons. The minimum absolute atomic E-state index is 0.147. The van der Waals surface area contributed by atoms with Gasteiger partial charge in [-0.3, -0.25) is 0 Å². The lowest BCUT2D eigenvalue weighted by Crippen LogP contribution is -2.30. The quantitative estimate of drug-likeness (QED) is 0.679. The molecule has 1 aromatic carbocycles. The molecule has 0 aromatic heterocycles. The van der Waals surface area contributed by atoms with Crippen molar-refractivity contribution in [3.8, 4) is 5.75 Å². The summed E-state index contributed by atoms with van der Waals surface area (Å²) < 4.78 is 10.8. The van der Waals surface area contributed by atoms with E-state index in [9.17, 15) is 9.90 Å². The van der Waals surface area contributed by atoms with Crippen LogP contribution in [0.5, 0.6) is 5.75 Å². The van der Waals surface area contributed by atoms with Crippen LogP contribution in [0.4, 0.5) is 0 Å². The Morgan fingerprint density at radius 3 is 2.60 bits per heavy atom. The van der Waals surface area contributed by atoms with Crippen LogP contribution in [0.15, 0.2) is 24.3 Å². The van der Waals surface area contributed by atoms with Crippen LogP contribution in [0.1, 0.15) is 49.4 Å². The van der Waals surface area contributed by atoms with Gasteiger partial charge in [-0.15, -0.1) is 0 Å². The van der Waals surface area contributed by atoms with Gasteiger partial charge in [-0.2, -0.15) is 0 Å². The number of benzene rings is 1. The molecule has 1 N–H and O–H groups in total. The minimum atomic E-state index is -0.401. The van der Waals surface area contributed by atoms with Crippen LogP contribution < -0.4 is 4.74 Å². The molecule has 0 aliphatic heterocycles. The maximum atomic E-state index is 11.5. The zero-order valence-corrected chi connectivity index (χ0v) is 11.9. The number of carbonyl (C=O) groups is 1. The molecule has 1 aliphatic carbocycles. The molecule has 1 aliphatic rings. The SMILES string of the molecule is CCOC(=O)c1ccc(OC2CCCCCC2O)cc1. The molecular weight excluding hydrogens is 256 g/mol. The fourth-order valence-electron chi connectivity index (χ4n) is 2.45. The van der Waals surface area contributed by atoms with Crippen LogP contribution in [0, 0.1) is 0 Å². The Morgan fingerprint density at radius 1 is 1.20 bits per heavy atom. The van der Waals surface area contributed by atoms with E-state index in [4.69, 9.17) is 9.47 Å². The number of aliphatic hydroxyl groups is 1. The molecule has 2 unspecified atom stereocenters. The molecule has 0 radical (unpaired) electrons. The highest BCUT2D eigenvalue weighted by Crippen LogP contribution is 2.23. The molecule has 1 aromatic rings. The summed E-state index contributed by atoms with van der Waals surface area (Å²) in [4.78, 5) is 11.5. The normalized spacial score (nSPS) is 22.9. The summed E-state index contributed by atoms with van der Waals surface area (Å²) in [5, 5.41) is 10.0.